The third-order valence-electron chi connectivity index (χ3n) is 3.10. The molecule has 2 fully saturated rings. The van der Waals surface area contributed by atoms with Gasteiger partial charge in [0.05, 0.1) is 6.04 Å². The van der Waals surface area contributed by atoms with E-state index < -0.39 is 0 Å². The van der Waals surface area contributed by atoms with Crippen LogP contribution in [-0.4, -0.2) is 29.8 Å². The predicted molar refractivity (Wildman–Crippen MR) is 48.1 cm³/mol. The standard InChI is InChI=1S/C10H17NO/c12-10-6-4-8-11-7-3-1-2-5-9(10)11/h9H,1-8H2. The number of ketones is 1. The number of carbonyl (C=O) groups excluding carboxylic acids is 1. The van der Waals surface area contributed by atoms with Gasteiger partial charge in [0, 0.05) is 6.42 Å². The number of fused-ring (bicyclic) bond motifs is 1. The van der Waals surface area contributed by atoms with Crippen LogP contribution in [0.5, 0.6) is 0 Å². The highest BCUT2D eigenvalue weighted by molar-refractivity contribution is 5.84. The number of carbonyl (C=O) groups is 1. The zero-order valence-corrected chi connectivity index (χ0v) is 7.59. The van der Waals surface area contributed by atoms with Crippen LogP contribution in [0.3, 0.4) is 0 Å². The Morgan fingerprint density at radius 3 is 2.83 bits per heavy atom. The zero-order valence-electron chi connectivity index (χ0n) is 7.59. The number of Topliss-reactive ketones (excluding diaryl/α,β-unsaturated/α-hetero) is 1. The molecule has 0 saturated carbocycles. The summed E-state index contributed by atoms with van der Waals surface area (Å²) in [6.07, 6.45) is 6.92. The van der Waals surface area contributed by atoms with Crippen LogP contribution in [0.4, 0.5) is 0 Å². The molecule has 2 aliphatic heterocycles. The fourth-order valence-electron chi connectivity index (χ4n) is 2.42. The maximum absolute atomic E-state index is 11.5. The molecular formula is C10H17NO. The Hall–Kier alpha value is -0.370. The Morgan fingerprint density at radius 2 is 1.92 bits per heavy atom. The zero-order chi connectivity index (χ0) is 8.39. The average Bonchev–Trinajstić information content (AvgIpc) is 2.30. The Balaban J connectivity index is 2.05. The summed E-state index contributed by atoms with van der Waals surface area (Å²) in [5.74, 6) is 0.503. The first-order valence-electron chi connectivity index (χ1n) is 5.15. The van der Waals surface area contributed by atoms with Crippen molar-refractivity contribution in [3.05, 3.63) is 0 Å². The number of hydrogen-bond donors (Lipinski definition) is 0. The highest BCUT2D eigenvalue weighted by atomic mass is 16.1. The lowest BCUT2D eigenvalue weighted by atomic mass is 9.98. The van der Waals surface area contributed by atoms with E-state index in [1.807, 2.05) is 0 Å². The van der Waals surface area contributed by atoms with E-state index in [1.54, 1.807) is 0 Å². The molecule has 0 radical (unpaired) electrons. The normalized spacial score (nSPS) is 32.7. The molecule has 1 atom stereocenters. The lowest BCUT2D eigenvalue weighted by Crippen LogP contribution is -2.45. The van der Waals surface area contributed by atoms with E-state index in [-0.39, 0.29) is 0 Å². The smallest absolute Gasteiger partial charge is 0.150 e. The van der Waals surface area contributed by atoms with Crippen molar-refractivity contribution in [2.45, 2.75) is 44.6 Å². The molecule has 2 nitrogen and oxygen atoms in total. The maximum atomic E-state index is 11.5. The SMILES string of the molecule is O=C1CCCN2CCCCCC12. The molecule has 2 saturated heterocycles. The maximum Gasteiger partial charge on any atom is 0.150 e. The molecule has 2 rings (SSSR count). The van der Waals surface area contributed by atoms with Gasteiger partial charge in [0.1, 0.15) is 5.78 Å². The Labute approximate surface area is 73.9 Å². The van der Waals surface area contributed by atoms with Crippen LogP contribution in [0.2, 0.25) is 0 Å². The van der Waals surface area contributed by atoms with Gasteiger partial charge in [-0.1, -0.05) is 12.8 Å². The van der Waals surface area contributed by atoms with E-state index in [4.69, 9.17) is 0 Å². The van der Waals surface area contributed by atoms with Crippen molar-refractivity contribution in [2.24, 2.45) is 0 Å². The molecule has 0 spiro atoms. The topological polar surface area (TPSA) is 20.3 Å². The predicted octanol–water partition coefficient (Wildman–Crippen LogP) is 1.59. The largest absolute Gasteiger partial charge is 0.298 e. The molecule has 0 bridgehead atoms. The van der Waals surface area contributed by atoms with Crippen molar-refractivity contribution in [1.82, 2.24) is 4.90 Å². The van der Waals surface area contributed by atoms with Gasteiger partial charge in [-0.15, -0.1) is 0 Å². The second-order valence-corrected chi connectivity index (χ2v) is 3.97. The Kier molecular flexibility index (Phi) is 2.45. The molecule has 12 heavy (non-hydrogen) atoms. The number of nitrogens with zero attached hydrogens (tertiary/aromatic N) is 1. The Bertz CT molecular complexity index is 179. The average molecular weight is 167 g/mol. The quantitative estimate of drug-likeness (QED) is 0.546. The second-order valence-electron chi connectivity index (χ2n) is 3.97. The molecule has 0 aromatic heterocycles. The third-order valence-corrected chi connectivity index (χ3v) is 3.10. The minimum atomic E-state index is 0.307. The van der Waals surface area contributed by atoms with Gasteiger partial charge < -0.3 is 0 Å². The van der Waals surface area contributed by atoms with Gasteiger partial charge in [0.25, 0.3) is 0 Å². The van der Waals surface area contributed by atoms with E-state index in [2.05, 4.69) is 4.90 Å². The summed E-state index contributed by atoms with van der Waals surface area (Å²) in [4.78, 5) is 13.9. The van der Waals surface area contributed by atoms with Crippen molar-refractivity contribution >= 4 is 5.78 Å². The van der Waals surface area contributed by atoms with Crippen LogP contribution >= 0.6 is 0 Å². The van der Waals surface area contributed by atoms with Crippen molar-refractivity contribution in [1.29, 1.82) is 0 Å². The fourth-order valence-corrected chi connectivity index (χ4v) is 2.42. The minimum Gasteiger partial charge on any atom is -0.298 e. The van der Waals surface area contributed by atoms with E-state index in [1.165, 1.54) is 19.3 Å². The first-order valence-corrected chi connectivity index (χ1v) is 5.15. The lowest BCUT2D eigenvalue weighted by Gasteiger charge is -2.32. The monoisotopic (exact) mass is 167 g/mol. The molecule has 0 amide bonds. The molecule has 68 valence electrons. The van der Waals surface area contributed by atoms with Crippen LogP contribution in [0, 0.1) is 0 Å². The van der Waals surface area contributed by atoms with Gasteiger partial charge in [-0.2, -0.15) is 0 Å². The highest BCUT2D eigenvalue weighted by Crippen LogP contribution is 2.22. The molecule has 1 unspecified atom stereocenters. The molecule has 0 N–H and O–H groups in total. The minimum absolute atomic E-state index is 0.307. The third kappa shape index (κ3) is 1.53. The molecular weight excluding hydrogens is 150 g/mol. The van der Waals surface area contributed by atoms with Gasteiger partial charge in [-0.25, -0.2) is 0 Å². The fraction of sp³-hybridized carbons (Fsp3) is 0.900. The number of rotatable bonds is 0. The Morgan fingerprint density at radius 1 is 1.08 bits per heavy atom. The van der Waals surface area contributed by atoms with Crippen LogP contribution in [0.15, 0.2) is 0 Å². The van der Waals surface area contributed by atoms with Crippen molar-refractivity contribution in [3.8, 4) is 0 Å². The van der Waals surface area contributed by atoms with Gasteiger partial charge in [-0.05, 0) is 32.4 Å². The van der Waals surface area contributed by atoms with E-state index >= 15 is 0 Å². The molecule has 0 aliphatic carbocycles. The summed E-state index contributed by atoms with van der Waals surface area (Å²) < 4.78 is 0. The van der Waals surface area contributed by atoms with Crippen molar-refractivity contribution in [2.75, 3.05) is 13.1 Å². The van der Waals surface area contributed by atoms with Gasteiger partial charge in [-0.3, -0.25) is 9.69 Å². The molecule has 2 heteroatoms. The van der Waals surface area contributed by atoms with Crippen LogP contribution in [0.1, 0.15) is 38.5 Å². The van der Waals surface area contributed by atoms with Gasteiger partial charge in [0.2, 0.25) is 0 Å². The number of hydrogen-bond acceptors (Lipinski definition) is 2. The second kappa shape index (κ2) is 3.56. The first kappa shape index (κ1) is 8.24. The van der Waals surface area contributed by atoms with Crippen LogP contribution in [-0.2, 0) is 4.79 Å². The van der Waals surface area contributed by atoms with Crippen molar-refractivity contribution < 1.29 is 4.79 Å². The summed E-state index contributed by atoms with van der Waals surface area (Å²) in [5, 5.41) is 0. The molecule has 2 heterocycles. The number of piperidine rings is 1. The molecule has 2 aliphatic rings. The van der Waals surface area contributed by atoms with E-state index in [0.29, 0.717) is 11.8 Å². The van der Waals surface area contributed by atoms with E-state index in [0.717, 1.165) is 32.4 Å². The van der Waals surface area contributed by atoms with Crippen molar-refractivity contribution in [3.63, 3.8) is 0 Å². The summed E-state index contributed by atoms with van der Waals surface area (Å²) >= 11 is 0. The van der Waals surface area contributed by atoms with Gasteiger partial charge in [0.15, 0.2) is 0 Å². The highest BCUT2D eigenvalue weighted by Gasteiger charge is 2.29. The summed E-state index contributed by atoms with van der Waals surface area (Å²) in [6, 6.07) is 0.307. The summed E-state index contributed by atoms with van der Waals surface area (Å²) in [7, 11) is 0. The molecule has 0 aromatic carbocycles. The summed E-state index contributed by atoms with van der Waals surface area (Å²) in [6.45, 7) is 2.33. The first-order chi connectivity index (χ1) is 5.88. The van der Waals surface area contributed by atoms with E-state index in [9.17, 15) is 4.79 Å². The van der Waals surface area contributed by atoms with Crippen LogP contribution in [0.25, 0.3) is 0 Å². The van der Waals surface area contributed by atoms with Crippen LogP contribution < -0.4 is 0 Å². The lowest BCUT2D eigenvalue weighted by molar-refractivity contribution is -0.126. The van der Waals surface area contributed by atoms with Gasteiger partial charge >= 0.3 is 0 Å². The summed E-state index contributed by atoms with van der Waals surface area (Å²) in [5.41, 5.74) is 0. The molecule has 0 aromatic rings.